The summed E-state index contributed by atoms with van der Waals surface area (Å²) >= 11 is 0. The van der Waals surface area contributed by atoms with Gasteiger partial charge >= 0.3 is 0 Å². The highest BCUT2D eigenvalue weighted by Gasteiger charge is 2.23. The minimum absolute atomic E-state index is 0.197. The molecule has 0 heterocycles. The highest BCUT2D eigenvalue weighted by molar-refractivity contribution is 5.84. The molecule has 1 saturated carbocycles. The van der Waals surface area contributed by atoms with Crippen molar-refractivity contribution in [3.63, 3.8) is 0 Å². The normalized spacial score (nSPS) is 19.7. The maximum atomic E-state index is 10.2. The van der Waals surface area contributed by atoms with Gasteiger partial charge < -0.3 is 10.2 Å². The first-order valence-electron chi connectivity index (χ1n) is 12.1. The van der Waals surface area contributed by atoms with Gasteiger partial charge in [-0.2, -0.15) is 0 Å². The van der Waals surface area contributed by atoms with Gasteiger partial charge in [-0.15, -0.1) is 0 Å². The van der Waals surface area contributed by atoms with E-state index in [1.54, 1.807) is 12.1 Å². The molecule has 4 heteroatoms. The lowest BCUT2D eigenvalue weighted by Crippen LogP contribution is -2.09. The second-order valence-corrected chi connectivity index (χ2v) is 11.9. The van der Waals surface area contributed by atoms with E-state index < -0.39 is 0 Å². The standard InChI is InChI=1S/C29H40N2O2/c1-28(2,3)16-20-7-11-26(32)22(13-20)18-30-24-9-10-25(15-24)31-19-23-14-21(8-12-27(23)33)17-29(4,5)6/h7-8,11-14,18-19,24-25,32-33H,9-10,15-17H2,1-6H3. The fraction of sp³-hybridized carbons (Fsp3) is 0.517. The molecule has 0 aliphatic heterocycles. The monoisotopic (exact) mass is 448 g/mol. The molecule has 0 radical (unpaired) electrons. The summed E-state index contributed by atoms with van der Waals surface area (Å²) in [6, 6.07) is 12.0. The van der Waals surface area contributed by atoms with E-state index in [0.29, 0.717) is 0 Å². The fourth-order valence-corrected chi connectivity index (χ4v) is 4.44. The second-order valence-electron chi connectivity index (χ2n) is 11.9. The van der Waals surface area contributed by atoms with Crippen LogP contribution in [0.5, 0.6) is 11.5 Å². The number of aliphatic imine (C=N–C) groups is 2. The van der Waals surface area contributed by atoms with Crippen LogP contribution in [0, 0.1) is 10.8 Å². The van der Waals surface area contributed by atoms with Crippen LogP contribution in [0.2, 0.25) is 0 Å². The molecule has 0 saturated heterocycles. The summed E-state index contributed by atoms with van der Waals surface area (Å²) in [7, 11) is 0. The minimum atomic E-state index is 0.197. The predicted octanol–water partition coefficient (Wildman–Crippen LogP) is 6.73. The largest absolute Gasteiger partial charge is 0.507 e. The molecule has 3 rings (SSSR count). The van der Waals surface area contributed by atoms with E-state index in [1.165, 1.54) is 11.1 Å². The van der Waals surface area contributed by atoms with Gasteiger partial charge in [0.15, 0.2) is 0 Å². The summed E-state index contributed by atoms with van der Waals surface area (Å²) in [5, 5.41) is 20.5. The van der Waals surface area contributed by atoms with Crippen molar-refractivity contribution >= 4 is 12.4 Å². The van der Waals surface area contributed by atoms with Crippen molar-refractivity contribution < 1.29 is 10.2 Å². The SMILES string of the molecule is CC(C)(C)Cc1ccc(O)c(C=NC2CCC(N=Cc3cc(CC(C)(C)C)ccc3O)C2)c1. The first kappa shape index (κ1) is 25.0. The van der Waals surface area contributed by atoms with Gasteiger partial charge in [-0.3, -0.25) is 9.98 Å². The van der Waals surface area contributed by atoms with Gasteiger partial charge in [-0.05, 0) is 78.3 Å². The molecule has 1 aliphatic rings. The predicted molar refractivity (Wildman–Crippen MR) is 139 cm³/mol. The average molecular weight is 449 g/mol. The van der Waals surface area contributed by atoms with Crippen LogP contribution in [-0.4, -0.2) is 34.7 Å². The summed E-state index contributed by atoms with van der Waals surface area (Å²) in [4.78, 5) is 9.52. The first-order valence-corrected chi connectivity index (χ1v) is 12.1. The second kappa shape index (κ2) is 10.1. The number of phenolic OH excluding ortho intramolecular Hbond substituents is 2. The van der Waals surface area contributed by atoms with Crippen molar-refractivity contribution in [2.24, 2.45) is 20.8 Å². The zero-order chi connectivity index (χ0) is 24.2. The Labute approximate surface area is 199 Å². The number of hydrogen-bond acceptors (Lipinski definition) is 4. The Hall–Kier alpha value is -2.62. The summed E-state index contributed by atoms with van der Waals surface area (Å²) in [5.74, 6) is 0.546. The van der Waals surface area contributed by atoms with Crippen LogP contribution in [0.1, 0.15) is 83.1 Å². The maximum absolute atomic E-state index is 10.2. The third-order valence-corrected chi connectivity index (χ3v) is 5.88. The Morgan fingerprint density at radius 3 is 1.48 bits per heavy atom. The molecule has 0 amide bonds. The molecule has 33 heavy (non-hydrogen) atoms. The van der Waals surface area contributed by atoms with Crippen LogP contribution in [0.3, 0.4) is 0 Å². The van der Waals surface area contributed by atoms with Crippen molar-refractivity contribution in [2.75, 3.05) is 0 Å². The third kappa shape index (κ3) is 8.03. The van der Waals surface area contributed by atoms with E-state index in [9.17, 15) is 10.2 Å². The topological polar surface area (TPSA) is 65.2 Å². The van der Waals surface area contributed by atoms with Gasteiger partial charge in [-0.1, -0.05) is 53.7 Å². The highest BCUT2D eigenvalue weighted by Crippen LogP contribution is 2.28. The summed E-state index contributed by atoms with van der Waals surface area (Å²) in [6.07, 6.45) is 8.41. The molecule has 0 spiro atoms. The van der Waals surface area contributed by atoms with Gasteiger partial charge in [0.2, 0.25) is 0 Å². The summed E-state index contributed by atoms with van der Waals surface area (Å²) < 4.78 is 0. The van der Waals surface area contributed by atoms with E-state index in [1.807, 2.05) is 36.7 Å². The molecule has 0 aromatic heterocycles. The Balaban J connectivity index is 1.62. The van der Waals surface area contributed by atoms with Crippen LogP contribution in [0.25, 0.3) is 0 Å². The molecule has 2 atom stereocenters. The molecule has 1 aliphatic carbocycles. The number of rotatable bonds is 6. The molecule has 2 unspecified atom stereocenters. The lowest BCUT2D eigenvalue weighted by Gasteiger charge is -2.18. The lowest BCUT2D eigenvalue weighted by atomic mass is 9.87. The molecule has 2 aromatic rings. The van der Waals surface area contributed by atoms with Gasteiger partial charge in [0, 0.05) is 23.6 Å². The number of aromatic hydroxyl groups is 2. The molecular weight excluding hydrogens is 408 g/mol. The number of phenols is 2. The fourth-order valence-electron chi connectivity index (χ4n) is 4.44. The van der Waals surface area contributed by atoms with Crippen molar-refractivity contribution in [3.05, 3.63) is 58.7 Å². The maximum Gasteiger partial charge on any atom is 0.124 e. The van der Waals surface area contributed by atoms with Crippen molar-refractivity contribution in [1.82, 2.24) is 0 Å². The van der Waals surface area contributed by atoms with Crippen LogP contribution in [0.15, 0.2) is 46.4 Å². The minimum Gasteiger partial charge on any atom is -0.507 e. The van der Waals surface area contributed by atoms with Crippen molar-refractivity contribution in [3.8, 4) is 11.5 Å². The van der Waals surface area contributed by atoms with Gasteiger partial charge in [-0.25, -0.2) is 0 Å². The summed E-state index contributed by atoms with van der Waals surface area (Å²) in [6.45, 7) is 13.3. The number of nitrogens with zero attached hydrogens (tertiary/aromatic N) is 2. The van der Waals surface area contributed by atoms with Crippen LogP contribution in [-0.2, 0) is 12.8 Å². The molecule has 2 aromatic carbocycles. The Morgan fingerprint density at radius 1 is 0.727 bits per heavy atom. The first-order chi connectivity index (χ1) is 15.4. The number of hydrogen-bond donors (Lipinski definition) is 2. The zero-order valence-electron chi connectivity index (χ0n) is 21.1. The molecule has 1 fully saturated rings. The van der Waals surface area contributed by atoms with Crippen molar-refractivity contribution in [1.29, 1.82) is 0 Å². The van der Waals surface area contributed by atoms with Crippen LogP contribution < -0.4 is 0 Å². The van der Waals surface area contributed by atoms with Gasteiger partial charge in [0.05, 0.1) is 12.1 Å². The Kier molecular flexibility index (Phi) is 7.66. The van der Waals surface area contributed by atoms with Gasteiger partial charge in [0.1, 0.15) is 11.5 Å². The molecule has 2 N–H and O–H groups in total. The molecular formula is C29H40N2O2. The number of benzene rings is 2. The zero-order valence-corrected chi connectivity index (χ0v) is 21.1. The van der Waals surface area contributed by atoms with Crippen molar-refractivity contribution in [2.45, 2.75) is 85.7 Å². The van der Waals surface area contributed by atoms with Gasteiger partial charge in [0.25, 0.3) is 0 Å². The van der Waals surface area contributed by atoms with E-state index in [-0.39, 0.29) is 34.4 Å². The Bertz CT molecular complexity index is 928. The van der Waals surface area contributed by atoms with Crippen LogP contribution in [0.4, 0.5) is 0 Å². The average Bonchev–Trinajstić information content (AvgIpc) is 3.14. The van der Waals surface area contributed by atoms with E-state index >= 15 is 0 Å². The van der Waals surface area contributed by atoms with E-state index in [2.05, 4.69) is 41.5 Å². The highest BCUT2D eigenvalue weighted by atomic mass is 16.3. The Morgan fingerprint density at radius 2 is 1.12 bits per heavy atom. The van der Waals surface area contributed by atoms with E-state index in [4.69, 9.17) is 9.98 Å². The molecule has 178 valence electrons. The summed E-state index contributed by atoms with van der Waals surface area (Å²) in [5.41, 5.74) is 4.38. The lowest BCUT2D eigenvalue weighted by molar-refractivity contribution is 0.410. The quantitative estimate of drug-likeness (QED) is 0.481. The molecule has 0 bridgehead atoms. The van der Waals surface area contributed by atoms with Crippen LogP contribution >= 0.6 is 0 Å². The third-order valence-electron chi connectivity index (χ3n) is 5.88. The van der Waals surface area contributed by atoms with E-state index in [0.717, 1.165) is 43.2 Å². The smallest absolute Gasteiger partial charge is 0.124 e. The molecule has 4 nitrogen and oxygen atoms in total.